The van der Waals surface area contributed by atoms with Crippen molar-refractivity contribution in [2.45, 2.75) is 13.0 Å². The van der Waals surface area contributed by atoms with Gasteiger partial charge in [-0.15, -0.1) is 11.3 Å². The highest BCUT2D eigenvalue weighted by Crippen LogP contribution is 2.33. The summed E-state index contributed by atoms with van der Waals surface area (Å²) in [5.41, 5.74) is 2.15. The van der Waals surface area contributed by atoms with Gasteiger partial charge < -0.3 is 15.4 Å². The van der Waals surface area contributed by atoms with Gasteiger partial charge >= 0.3 is 5.97 Å². The van der Waals surface area contributed by atoms with E-state index >= 15 is 0 Å². The van der Waals surface area contributed by atoms with Gasteiger partial charge in [0.1, 0.15) is 0 Å². The molecule has 2 N–H and O–H groups in total. The SMILES string of the molecule is CCOC(=O)C1=C(c2ccccc2)NC(=S)N[C@@H]1c1cccs1. The Morgan fingerprint density at radius 2 is 2.04 bits per heavy atom. The minimum atomic E-state index is -0.341. The Hall–Kier alpha value is -2.18. The van der Waals surface area contributed by atoms with Crippen LogP contribution in [0.15, 0.2) is 53.4 Å². The summed E-state index contributed by atoms with van der Waals surface area (Å²) in [5, 5.41) is 8.77. The van der Waals surface area contributed by atoms with E-state index < -0.39 is 0 Å². The Bertz CT molecular complexity index is 739. The van der Waals surface area contributed by atoms with Crippen LogP contribution >= 0.6 is 23.6 Å². The second-order valence-electron chi connectivity index (χ2n) is 4.92. The first kappa shape index (κ1) is 15.7. The van der Waals surface area contributed by atoms with Gasteiger partial charge in [0.15, 0.2) is 5.11 Å². The number of hydrogen-bond acceptors (Lipinski definition) is 4. The highest BCUT2D eigenvalue weighted by atomic mass is 32.1. The fraction of sp³-hybridized carbons (Fsp3) is 0.176. The van der Waals surface area contributed by atoms with E-state index in [1.54, 1.807) is 18.3 Å². The van der Waals surface area contributed by atoms with Crippen molar-refractivity contribution < 1.29 is 9.53 Å². The Morgan fingerprint density at radius 1 is 1.26 bits per heavy atom. The van der Waals surface area contributed by atoms with Crippen LogP contribution in [0.25, 0.3) is 5.70 Å². The van der Waals surface area contributed by atoms with Crippen molar-refractivity contribution in [2.75, 3.05) is 6.61 Å². The maximum absolute atomic E-state index is 12.6. The van der Waals surface area contributed by atoms with Crippen LogP contribution in [0.3, 0.4) is 0 Å². The Balaban J connectivity index is 2.15. The third kappa shape index (κ3) is 3.28. The number of ether oxygens (including phenoxy) is 1. The van der Waals surface area contributed by atoms with Gasteiger partial charge in [-0.3, -0.25) is 0 Å². The summed E-state index contributed by atoms with van der Waals surface area (Å²) in [4.78, 5) is 13.6. The first-order chi connectivity index (χ1) is 11.2. The van der Waals surface area contributed by atoms with Crippen LogP contribution in [0.1, 0.15) is 23.4 Å². The number of hydrogen-bond donors (Lipinski definition) is 2. The minimum Gasteiger partial charge on any atom is -0.463 e. The van der Waals surface area contributed by atoms with Crippen molar-refractivity contribution in [3.8, 4) is 0 Å². The summed E-state index contributed by atoms with van der Waals surface area (Å²) in [7, 11) is 0. The van der Waals surface area contributed by atoms with Gasteiger partial charge in [0, 0.05) is 4.88 Å². The van der Waals surface area contributed by atoms with E-state index in [1.807, 2.05) is 47.8 Å². The molecule has 0 unspecified atom stereocenters. The zero-order valence-electron chi connectivity index (χ0n) is 12.5. The van der Waals surface area contributed by atoms with Crippen molar-refractivity contribution in [2.24, 2.45) is 0 Å². The molecule has 118 valence electrons. The molecule has 4 nitrogen and oxygen atoms in total. The van der Waals surface area contributed by atoms with Gasteiger partial charge in [-0.1, -0.05) is 36.4 Å². The minimum absolute atomic E-state index is 0.307. The number of thiophene rings is 1. The second kappa shape index (κ2) is 6.93. The Kier molecular flexibility index (Phi) is 4.73. The monoisotopic (exact) mass is 344 g/mol. The van der Waals surface area contributed by atoms with Gasteiger partial charge in [-0.25, -0.2) is 4.79 Å². The van der Waals surface area contributed by atoms with Gasteiger partial charge in [0.25, 0.3) is 0 Å². The van der Waals surface area contributed by atoms with Crippen LogP contribution in [-0.2, 0) is 9.53 Å². The molecule has 3 rings (SSSR count). The summed E-state index contributed by atoms with van der Waals surface area (Å²) in [5.74, 6) is -0.341. The number of thiocarbonyl (C=S) groups is 1. The van der Waals surface area contributed by atoms with Gasteiger partial charge in [0.2, 0.25) is 0 Å². The van der Waals surface area contributed by atoms with Crippen molar-refractivity contribution in [3.63, 3.8) is 0 Å². The molecular weight excluding hydrogens is 328 g/mol. The van der Waals surface area contributed by atoms with Crippen molar-refractivity contribution >= 4 is 40.3 Å². The standard InChI is InChI=1S/C17H16N2O2S2/c1-2-21-16(20)13-14(11-7-4-3-5-8-11)18-17(22)19-15(13)12-9-6-10-23-12/h3-10,15H,2H2,1H3,(H2,18,19,22)/t15-/m1/s1. The quantitative estimate of drug-likeness (QED) is 0.659. The first-order valence-corrected chi connectivity index (χ1v) is 8.57. The molecule has 1 aliphatic rings. The maximum Gasteiger partial charge on any atom is 0.338 e. The molecule has 0 saturated heterocycles. The molecule has 1 aromatic carbocycles. The highest BCUT2D eigenvalue weighted by Gasteiger charge is 2.33. The molecule has 2 heterocycles. The predicted octanol–water partition coefficient (Wildman–Crippen LogP) is 3.24. The Labute approximate surface area is 144 Å². The lowest BCUT2D eigenvalue weighted by atomic mass is 9.97. The number of carbonyl (C=O) groups is 1. The largest absolute Gasteiger partial charge is 0.463 e. The smallest absolute Gasteiger partial charge is 0.338 e. The summed E-state index contributed by atoms with van der Waals surface area (Å²) in [6.07, 6.45) is 0. The van der Waals surface area contributed by atoms with Crippen LogP contribution in [0.2, 0.25) is 0 Å². The van der Waals surface area contributed by atoms with E-state index in [4.69, 9.17) is 17.0 Å². The predicted molar refractivity (Wildman–Crippen MR) is 95.9 cm³/mol. The fourth-order valence-electron chi connectivity index (χ4n) is 2.49. The average molecular weight is 344 g/mol. The van der Waals surface area contributed by atoms with Crippen LogP contribution in [0, 0.1) is 0 Å². The lowest BCUT2D eigenvalue weighted by Gasteiger charge is -2.30. The molecule has 0 fully saturated rings. The van der Waals surface area contributed by atoms with Crippen molar-refractivity contribution in [1.29, 1.82) is 0 Å². The summed E-state index contributed by atoms with van der Waals surface area (Å²) in [6, 6.07) is 13.3. The van der Waals surface area contributed by atoms with E-state index in [2.05, 4.69) is 10.6 Å². The van der Waals surface area contributed by atoms with Gasteiger partial charge in [-0.05, 0) is 36.2 Å². The average Bonchev–Trinajstić information content (AvgIpc) is 3.09. The summed E-state index contributed by atoms with van der Waals surface area (Å²) in [6.45, 7) is 2.13. The van der Waals surface area contributed by atoms with Crippen molar-refractivity contribution in [1.82, 2.24) is 10.6 Å². The molecule has 23 heavy (non-hydrogen) atoms. The molecule has 0 radical (unpaired) electrons. The number of carbonyl (C=O) groups excluding carboxylic acids is 1. The van der Waals surface area contributed by atoms with Crippen LogP contribution in [-0.4, -0.2) is 17.7 Å². The number of nitrogens with one attached hydrogen (secondary N) is 2. The lowest BCUT2D eigenvalue weighted by Crippen LogP contribution is -2.45. The first-order valence-electron chi connectivity index (χ1n) is 7.28. The van der Waals surface area contributed by atoms with Crippen LogP contribution in [0.4, 0.5) is 0 Å². The summed E-state index contributed by atoms with van der Waals surface area (Å²) >= 11 is 6.91. The zero-order chi connectivity index (χ0) is 16.2. The van der Waals surface area contributed by atoms with Crippen molar-refractivity contribution in [3.05, 3.63) is 63.9 Å². The topological polar surface area (TPSA) is 50.4 Å². The number of rotatable bonds is 4. The fourth-order valence-corrected chi connectivity index (χ4v) is 3.50. The maximum atomic E-state index is 12.6. The third-order valence-corrected chi connectivity index (χ3v) is 4.61. The van der Waals surface area contributed by atoms with E-state index in [0.717, 1.165) is 10.4 Å². The molecule has 0 aliphatic carbocycles. The number of esters is 1. The molecule has 1 atom stereocenters. The lowest BCUT2D eigenvalue weighted by molar-refractivity contribution is -0.138. The van der Waals surface area contributed by atoms with E-state index in [-0.39, 0.29) is 12.0 Å². The van der Waals surface area contributed by atoms with Crippen LogP contribution in [0.5, 0.6) is 0 Å². The number of benzene rings is 1. The van der Waals surface area contributed by atoms with E-state index in [1.165, 1.54) is 0 Å². The zero-order valence-corrected chi connectivity index (χ0v) is 14.2. The summed E-state index contributed by atoms with van der Waals surface area (Å²) < 4.78 is 5.28. The van der Waals surface area contributed by atoms with Crippen LogP contribution < -0.4 is 10.6 Å². The third-order valence-electron chi connectivity index (χ3n) is 3.46. The molecule has 0 spiro atoms. The van der Waals surface area contributed by atoms with Gasteiger partial charge in [0.05, 0.1) is 23.9 Å². The Morgan fingerprint density at radius 3 is 2.70 bits per heavy atom. The highest BCUT2D eigenvalue weighted by molar-refractivity contribution is 7.80. The van der Waals surface area contributed by atoms with E-state index in [9.17, 15) is 4.79 Å². The molecule has 0 bridgehead atoms. The molecule has 1 aromatic heterocycles. The van der Waals surface area contributed by atoms with Gasteiger partial charge in [-0.2, -0.15) is 0 Å². The van der Waals surface area contributed by atoms with E-state index in [0.29, 0.717) is 23.0 Å². The molecule has 2 aromatic rings. The normalized spacial score (nSPS) is 17.4. The molecule has 6 heteroatoms. The molecule has 0 amide bonds. The molecule has 0 saturated carbocycles. The second-order valence-corrected chi connectivity index (χ2v) is 6.31. The molecule has 1 aliphatic heterocycles. The molecular formula is C17H16N2O2S2.